The highest BCUT2D eigenvalue weighted by Gasteiger charge is 2.13. The molecule has 2 aromatic carbocycles. The van der Waals surface area contributed by atoms with Crippen molar-refractivity contribution in [2.45, 2.75) is 0 Å². The molecule has 1 amide bonds. The third kappa shape index (κ3) is 3.85. The van der Waals surface area contributed by atoms with Gasteiger partial charge in [0.1, 0.15) is 17.3 Å². The molecule has 0 aliphatic carbocycles. The zero-order chi connectivity index (χ0) is 19.3. The summed E-state index contributed by atoms with van der Waals surface area (Å²) in [7, 11) is 0. The Balaban J connectivity index is 1.47. The van der Waals surface area contributed by atoms with Crippen LogP contribution in [0.15, 0.2) is 79.6 Å². The maximum Gasteiger partial charge on any atom is 0.274 e. The standard InChI is InChI=1S/C20H14FN5O2/c21-14-1-5-16(6-2-14)26-13-23-11-18(26)20(27)25-15-3-7-17(8-4-15)28-19-12-22-9-10-24-19/h1-13H,(H,25,27). The summed E-state index contributed by atoms with van der Waals surface area (Å²) in [5.74, 6) is 0.250. The molecular weight excluding hydrogens is 361 g/mol. The smallest absolute Gasteiger partial charge is 0.274 e. The second-order valence-electron chi connectivity index (χ2n) is 5.75. The number of rotatable bonds is 5. The van der Waals surface area contributed by atoms with Crippen LogP contribution in [-0.2, 0) is 0 Å². The molecule has 2 aromatic heterocycles. The monoisotopic (exact) mass is 375 g/mol. The molecule has 0 radical (unpaired) electrons. The number of hydrogen-bond donors (Lipinski definition) is 1. The van der Waals surface area contributed by atoms with Crippen LogP contribution in [-0.4, -0.2) is 25.4 Å². The van der Waals surface area contributed by atoms with E-state index in [2.05, 4.69) is 20.3 Å². The highest BCUT2D eigenvalue weighted by atomic mass is 19.1. The van der Waals surface area contributed by atoms with Crippen LogP contribution in [0, 0.1) is 5.82 Å². The fourth-order valence-electron chi connectivity index (χ4n) is 2.53. The molecule has 4 aromatic rings. The first kappa shape index (κ1) is 17.3. The molecule has 28 heavy (non-hydrogen) atoms. The number of nitrogens with one attached hydrogen (secondary N) is 1. The van der Waals surface area contributed by atoms with E-state index in [0.29, 0.717) is 28.7 Å². The van der Waals surface area contributed by atoms with Crippen molar-refractivity contribution in [1.29, 1.82) is 0 Å². The fourth-order valence-corrected chi connectivity index (χ4v) is 2.53. The van der Waals surface area contributed by atoms with Crippen LogP contribution in [0.25, 0.3) is 5.69 Å². The van der Waals surface area contributed by atoms with Crippen molar-refractivity contribution in [3.8, 4) is 17.3 Å². The van der Waals surface area contributed by atoms with E-state index >= 15 is 0 Å². The van der Waals surface area contributed by atoms with Gasteiger partial charge in [0.15, 0.2) is 0 Å². The molecule has 0 atom stereocenters. The van der Waals surface area contributed by atoms with Gasteiger partial charge in [-0.2, -0.15) is 0 Å². The first-order valence-corrected chi connectivity index (χ1v) is 8.32. The minimum absolute atomic E-state index is 0.325. The summed E-state index contributed by atoms with van der Waals surface area (Å²) >= 11 is 0. The number of hydrogen-bond acceptors (Lipinski definition) is 5. The fraction of sp³-hybridized carbons (Fsp3) is 0. The summed E-state index contributed by atoms with van der Waals surface area (Å²) in [6.07, 6.45) is 7.55. The summed E-state index contributed by atoms with van der Waals surface area (Å²) in [5.41, 5.74) is 1.55. The van der Waals surface area contributed by atoms with E-state index < -0.39 is 0 Å². The molecule has 0 aliphatic rings. The van der Waals surface area contributed by atoms with Crippen molar-refractivity contribution in [2.75, 3.05) is 5.32 Å². The summed E-state index contributed by atoms with van der Waals surface area (Å²) in [4.78, 5) is 24.6. The summed E-state index contributed by atoms with van der Waals surface area (Å²) < 4.78 is 20.3. The van der Waals surface area contributed by atoms with Gasteiger partial charge in [0, 0.05) is 23.8 Å². The van der Waals surface area contributed by atoms with Gasteiger partial charge in [0.05, 0.1) is 18.7 Å². The van der Waals surface area contributed by atoms with Gasteiger partial charge in [0.25, 0.3) is 5.91 Å². The lowest BCUT2D eigenvalue weighted by molar-refractivity contribution is 0.102. The number of carbonyl (C=O) groups is 1. The Bertz CT molecular complexity index is 1080. The lowest BCUT2D eigenvalue weighted by atomic mass is 10.2. The van der Waals surface area contributed by atoms with Crippen molar-refractivity contribution >= 4 is 11.6 Å². The van der Waals surface area contributed by atoms with Gasteiger partial charge >= 0.3 is 0 Å². The molecule has 0 aliphatic heterocycles. The van der Waals surface area contributed by atoms with Crippen LogP contribution < -0.4 is 10.1 Å². The van der Waals surface area contributed by atoms with E-state index in [9.17, 15) is 9.18 Å². The molecule has 7 nitrogen and oxygen atoms in total. The number of imidazole rings is 1. The van der Waals surface area contributed by atoms with Crippen molar-refractivity contribution in [3.05, 3.63) is 91.2 Å². The Morgan fingerprint density at radius 1 is 0.964 bits per heavy atom. The molecular formula is C20H14FN5O2. The Morgan fingerprint density at radius 3 is 2.46 bits per heavy atom. The number of nitrogens with zero attached hydrogens (tertiary/aromatic N) is 4. The van der Waals surface area contributed by atoms with Crippen molar-refractivity contribution < 1.29 is 13.9 Å². The quantitative estimate of drug-likeness (QED) is 0.573. The van der Waals surface area contributed by atoms with Crippen molar-refractivity contribution in [3.63, 3.8) is 0 Å². The highest BCUT2D eigenvalue weighted by molar-refractivity contribution is 6.03. The van der Waals surface area contributed by atoms with Crippen LogP contribution in [0.4, 0.5) is 10.1 Å². The van der Waals surface area contributed by atoms with Crippen molar-refractivity contribution in [1.82, 2.24) is 19.5 Å². The number of anilines is 1. The van der Waals surface area contributed by atoms with Gasteiger partial charge in [-0.25, -0.2) is 14.4 Å². The summed E-state index contributed by atoms with van der Waals surface area (Å²) in [6, 6.07) is 12.6. The predicted octanol–water partition coefficient (Wildman–Crippen LogP) is 3.85. The molecule has 0 bridgehead atoms. The number of carbonyl (C=O) groups excluding carboxylic acids is 1. The van der Waals surface area contributed by atoms with Crippen LogP contribution in [0.5, 0.6) is 11.6 Å². The SMILES string of the molecule is O=C(Nc1ccc(Oc2cnccn2)cc1)c1cncn1-c1ccc(F)cc1. The third-order valence-electron chi connectivity index (χ3n) is 3.85. The van der Waals surface area contributed by atoms with Gasteiger partial charge in [-0.05, 0) is 48.5 Å². The van der Waals surface area contributed by atoms with Gasteiger partial charge in [0.2, 0.25) is 5.88 Å². The topological polar surface area (TPSA) is 81.9 Å². The van der Waals surface area contributed by atoms with Gasteiger partial charge in [-0.1, -0.05) is 0 Å². The van der Waals surface area contributed by atoms with E-state index in [4.69, 9.17) is 4.74 Å². The molecule has 1 N–H and O–H groups in total. The third-order valence-corrected chi connectivity index (χ3v) is 3.85. The van der Waals surface area contributed by atoms with Gasteiger partial charge < -0.3 is 10.1 Å². The van der Waals surface area contributed by atoms with Crippen LogP contribution >= 0.6 is 0 Å². The number of aromatic nitrogens is 4. The van der Waals surface area contributed by atoms with E-state index in [0.717, 1.165) is 0 Å². The Labute approximate surface area is 159 Å². The largest absolute Gasteiger partial charge is 0.438 e. The zero-order valence-electron chi connectivity index (χ0n) is 14.5. The maximum absolute atomic E-state index is 13.1. The highest BCUT2D eigenvalue weighted by Crippen LogP contribution is 2.21. The second kappa shape index (κ2) is 7.67. The Kier molecular flexibility index (Phi) is 4.75. The first-order valence-electron chi connectivity index (χ1n) is 8.32. The van der Waals surface area contributed by atoms with Crippen LogP contribution in [0.2, 0.25) is 0 Å². The minimum Gasteiger partial charge on any atom is -0.438 e. The molecule has 2 heterocycles. The maximum atomic E-state index is 13.1. The zero-order valence-corrected chi connectivity index (χ0v) is 14.5. The molecule has 0 unspecified atom stereocenters. The van der Waals surface area contributed by atoms with E-state index in [1.807, 2.05) is 0 Å². The average Bonchev–Trinajstić information content (AvgIpc) is 3.21. The van der Waals surface area contributed by atoms with E-state index in [1.165, 1.54) is 37.1 Å². The molecule has 0 spiro atoms. The number of benzene rings is 2. The average molecular weight is 375 g/mol. The Hall–Kier alpha value is -4.07. The minimum atomic E-state index is -0.348. The lowest BCUT2D eigenvalue weighted by Gasteiger charge is -2.10. The Morgan fingerprint density at radius 2 is 1.75 bits per heavy atom. The first-order chi connectivity index (χ1) is 13.7. The van der Waals surface area contributed by atoms with Crippen molar-refractivity contribution in [2.24, 2.45) is 0 Å². The summed E-state index contributed by atoms with van der Waals surface area (Å²) in [6.45, 7) is 0. The molecule has 138 valence electrons. The van der Waals surface area contributed by atoms with Crippen LogP contribution in [0.1, 0.15) is 10.5 Å². The number of amides is 1. The molecule has 8 heteroatoms. The molecule has 4 rings (SSSR count). The second-order valence-corrected chi connectivity index (χ2v) is 5.75. The van der Waals surface area contributed by atoms with Crippen LogP contribution in [0.3, 0.4) is 0 Å². The number of ether oxygens (including phenoxy) is 1. The number of halogens is 1. The molecule has 0 fully saturated rings. The lowest BCUT2D eigenvalue weighted by Crippen LogP contribution is -2.16. The van der Waals surface area contributed by atoms with E-state index in [1.54, 1.807) is 47.2 Å². The summed E-state index contributed by atoms with van der Waals surface area (Å²) in [5, 5.41) is 2.80. The van der Waals surface area contributed by atoms with E-state index in [-0.39, 0.29) is 11.7 Å². The predicted molar refractivity (Wildman–Crippen MR) is 100 cm³/mol. The van der Waals surface area contributed by atoms with Gasteiger partial charge in [-0.15, -0.1) is 0 Å². The van der Waals surface area contributed by atoms with Gasteiger partial charge in [-0.3, -0.25) is 14.3 Å². The molecule has 0 saturated carbocycles. The molecule has 0 saturated heterocycles. The normalized spacial score (nSPS) is 10.5.